The Kier molecular flexibility index (Phi) is 4.98. The predicted octanol–water partition coefficient (Wildman–Crippen LogP) is 1.56. The summed E-state index contributed by atoms with van der Waals surface area (Å²) in [6.07, 6.45) is 0.945. The zero-order chi connectivity index (χ0) is 18.1. The molecule has 1 aromatic rings. The highest BCUT2D eigenvalue weighted by atomic mass is 32.2. The van der Waals surface area contributed by atoms with Crippen molar-refractivity contribution in [2.45, 2.75) is 25.8 Å². The molecular formula is C16H19NO6S. The highest BCUT2D eigenvalue weighted by Gasteiger charge is 2.44. The monoisotopic (exact) mass is 353 g/mol. The van der Waals surface area contributed by atoms with Gasteiger partial charge < -0.3 is 15.1 Å². The van der Waals surface area contributed by atoms with E-state index in [1.165, 1.54) is 4.90 Å². The largest absolute Gasteiger partial charge is 0.502 e. The molecule has 1 unspecified atom stereocenters. The Morgan fingerprint density at radius 3 is 2.33 bits per heavy atom. The molecule has 1 heterocycles. The first-order valence-corrected chi connectivity index (χ1v) is 9.24. The van der Waals surface area contributed by atoms with E-state index in [0.29, 0.717) is 5.56 Å². The Hall–Kier alpha value is -2.35. The Labute approximate surface area is 140 Å². The number of sulfone groups is 1. The van der Waals surface area contributed by atoms with Crippen LogP contribution in [0.3, 0.4) is 0 Å². The minimum Gasteiger partial charge on any atom is -0.502 e. The van der Waals surface area contributed by atoms with E-state index < -0.39 is 33.5 Å². The van der Waals surface area contributed by atoms with Crippen molar-refractivity contribution in [1.29, 1.82) is 0 Å². The van der Waals surface area contributed by atoms with Gasteiger partial charge in [-0.3, -0.25) is 9.59 Å². The van der Waals surface area contributed by atoms with Crippen LogP contribution in [-0.2, 0) is 19.4 Å². The summed E-state index contributed by atoms with van der Waals surface area (Å²) in [5.74, 6) is -2.60. The van der Waals surface area contributed by atoms with Gasteiger partial charge in [-0.15, -0.1) is 0 Å². The number of nitrogens with zero attached hydrogens (tertiary/aromatic N) is 1. The predicted molar refractivity (Wildman–Crippen MR) is 87.0 cm³/mol. The minimum absolute atomic E-state index is 0.0345. The number of aryl methyl sites for hydroxylation is 1. The first-order chi connectivity index (χ1) is 11.1. The number of aliphatic hydroxyl groups excluding tert-OH is 1. The molecule has 24 heavy (non-hydrogen) atoms. The van der Waals surface area contributed by atoms with Gasteiger partial charge in [-0.1, -0.05) is 29.8 Å². The number of benzene rings is 1. The van der Waals surface area contributed by atoms with Crippen LogP contribution in [0.5, 0.6) is 0 Å². The van der Waals surface area contributed by atoms with Crippen LogP contribution in [0.4, 0.5) is 0 Å². The Bertz CT molecular complexity index is 794. The zero-order valence-electron chi connectivity index (χ0n) is 13.4. The van der Waals surface area contributed by atoms with Crippen molar-refractivity contribution in [2.24, 2.45) is 0 Å². The molecule has 0 aromatic heterocycles. The molecule has 0 fully saturated rings. The number of hydrogen-bond acceptors (Lipinski definition) is 5. The van der Waals surface area contributed by atoms with Gasteiger partial charge >= 0.3 is 5.97 Å². The van der Waals surface area contributed by atoms with Crippen molar-refractivity contribution in [2.75, 3.05) is 12.8 Å². The molecule has 130 valence electrons. The third kappa shape index (κ3) is 3.59. The highest BCUT2D eigenvalue weighted by Crippen LogP contribution is 2.39. The van der Waals surface area contributed by atoms with Crippen molar-refractivity contribution in [3.05, 3.63) is 46.1 Å². The summed E-state index contributed by atoms with van der Waals surface area (Å²) in [6, 6.07) is 6.01. The second kappa shape index (κ2) is 6.64. The number of aliphatic carboxylic acids is 1. The average molecular weight is 353 g/mol. The van der Waals surface area contributed by atoms with Gasteiger partial charge in [-0.2, -0.15) is 0 Å². The van der Waals surface area contributed by atoms with E-state index in [2.05, 4.69) is 0 Å². The standard InChI is InChI=1S/C16H19NO6S/c1-10-5-7-11(8-6-10)13-15(24(2,22)23)14(20)16(21)17(13)9-3-4-12(18)19/h5-8,13,20H,3-4,9H2,1-2H3,(H,18,19). The fourth-order valence-corrected chi connectivity index (χ4v) is 3.83. The summed E-state index contributed by atoms with van der Waals surface area (Å²) < 4.78 is 24.2. The lowest BCUT2D eigenvalue weighted by Crippen LogP contribution is -2.32. The van der Waals surface area contributed by atoms with E-state index in [0.717, 1.165) is 11.8 Å². The maximum Gasteiger partial charge on any atom is 0.303 e. The molecule has 1 atom stereocenters. The number of rotatable bonds is 6. The van der Waals surface area contributed by atoms with E-state index in [-0.39, 0.29) is 24.3 Å². The fourth-order valence-electron chi connectivity index (χ4n) is 2.72. The maximum absolute atomic E-state index is 12.3. The minimum atomic E-state index is -3.82. The number of carboxylic acids is 1. The van der Waals surface area contributed by atoms with Gasteiger partial charge in [0, 0.05) is 19.2 Å². The van der Waals surface area contributed by atoms with Crippen LogP contribution in [-0.4, -0.2) is 48.2 Å². The molecule has 0 aliphatic carbocycles. The van der Waals surface area contributed by atoms with E-state index in [1.807, 2.05) is 6.92 Å². The molecule has 1 amide bonds. The topological polar surface area (TPSA) is 112 Å². The van der Waals surface area contributed by atoms with Crippen molar-refractivity contribution in [1.82, 2.24) is 4.90 Å². The van der Waals surface area contributed by atoms with Crippen LogP contribution >= 0.6 is 0 Å². The molecule has 0 saturated carbocycles. The van der Waals surface area contributed by atoms with E-state index in [1.54, 1.807) is 24.3 Å². The summed E-state index contributed by atoms with van der Waals surface area (Å²) in [6.45, 7) is 1.91. The number of hydrogen-bond donors (Lipinski definition) is 2. The van der Waals surface area contributed by atoms with Crippen molar-refractivity contribution in [3.63, 3.8) is 0 Å². The summed E-state index contributed by atoms with van der Waals surface area (Å²) in [5.41, 5.74) is 1.52. The Balaban J connectivity index is 2.45. The zero-order valence-corrected chi connectivity index (χ0v) is 14.2. The second-order valence-electron chi connectivity index (χ2n) is 5.79. The van der Waals surface area contributed by atoms with Crippen LogP contribution in [0, 0.1) is 6.92 Å². The van der Waals surface area contributed by atoms with Crippen LogP contribution in [0.15, 0.2) is 34.9 Å². The number of carbonyl (C=O) groups is 2. The molecule has 1 aliphatic rings. The lowest BCUT2D eigenvalue weighted by Gasteiger charge is -2.26. The van der Waals surface area contributed by atoms with Gasteiger partial charge in [-0.05, 0) is 18.9 Å². The first-order valence-electron chi connectivity index (χ1n) is 7.35. The molecule has 0 spiro atoms. The molecule has 7 nitrogen and oxygen atoms in total. The molecule has 2 N–H and O–H groups in total. The van der Waals surface area contributed by atoms with Crippen LogP contribution in [0.2, 0.25) is 0 Å². The smallest absolute Gasteiger partial charge is 0.303 e. The van der Waals surface area contributed by atoms with E-state index in [9.17, 15) is 23.1 Å². The van der Waals surface area contributed by atoms with Crippen LogP contribution < -0.4 is 0 Å². The third-order valence-corrected chi connectivity index (χ3v) is 5.05. The lowest BCUT2D eigenvalue weighted by atomic mass is 10.0. The van der Waals surface area contributed by atoms with Gasteiger partial charge in [0.05, 0.1) is 6.04 Å². The van der Waals surface area contributed by atoms with E-state index in [4.69, 9.17) is 5.11 Å². The van der Waals surface area contributed by atoms with Gasteiger partial charge in [0.15, 0.2) is 15.6 Å². The summed E-state index contributed by atoms with van der Waals surface area (Å²) >= 11 is 0. The number of amides is 1. The number of carboxylic acid groups (broad SMARTS) is 1. The maximum atomic E-state index is 12.3. The van der Waals surface area contributed by atoms with Gasteiger partial charge in [0.25, 0.3) is 5.91 Å². The Morgan fingerprint density at radius 1 is 1.25 bits per heavy atom. The normalized spacial score (nSPS) is 18.3. The quantitative estimate of drug-likeness (QED) is 0.802. The molecule has 0 saturated heterocycles. The van der Waals surface area contributed by atoms with Gasteiger partial charge in [0.1, 0.15) is 4.91 Å². The Morgan fingerprint density at radius 2 is 1.83 bits per heavy atom. The fraction of sp³-hybridized carbons (Fsp3) is 0.375. The SMILES string of the molecule is Cc1ccc(C2C(S(C)(=O)=O)=C(O)C(=O)N2CCCC(=O)O)cc1. The molecule has 1 aromatic carbocycles. The van der Waals surface area contributed by atoms with Crippen LogP contribution in [0.25, 0.3) is 0 Å². The molecule has 2 rings (SSSR count). The summed E-state index contributed by atoms with van der Waals surface area (Å²) in [7, 11) is -3.82. The van der Waals surface area contributed by atoms with Crippen molar-refractivity contribution >= 4 is 21.7 Å². The van der Waals surface area contributed by atoms with Crippen molar-refractivity contribution in [3.8, 4) is 0 Å². The molecule has 1 aliphatic heterocycles. The van der Waals surface area contributed by atoms with Crippen LogP contribution in [0.1, 0.15) is 30.0 Å². The molecular weight excluding hydrogens is 334 g/mol. The third-order valence-electron chi connectivity index (χ3n) is 3.84. The summed E-state index contributed by atoms with van der Waals surface area (Å²) in [5, 5.41) is 18.8. The lowest BCUT2D eigenvalue weighted by molar-refractivity contribution is -0.138. The van der Waals surface area contributed by atoms with E-state index >= 15 is 0 Å². The van der Waals surface area contributed by atoms with Gasteiger partial charge in [-0.25, -0.2) is 8.42 Å². The molecule has 8 heteroatoms. The van der Waals surface area contributed by atoms with Crippen molar-refractivity contribution < 1.29 is 28.2 Å². The average Bonchev–Trinajstić information content (AvgIpc) is 2.72. The molecule has 0 radical (unpaired) electrons. The number of aliphatic hydroxyl groups is 1. The van der Waals surface area contributed by atoms with Gasteiger partial charge in [0.2, 0.25) is 0 Å². The molecule has 0 bridgehead atoms. The first kappa shape index (κ1) is 18.0. The second-order valence-corrected chi connectivity index (χ2v) is 7.78. The highest BCUT2D eigenvalue weighted by molar-refractivity contribution is 7.94. The number of carbonyl (C=O) groups excluding carboxylic acids is 1. The summed E-state index contributed by atoms with van der Waals surface area (Å²) in [4.78, 5) is 23.8.